The minimum Gasteiger partial charge on any atom is -0.393 e. The maximum Gasteiger partial charge on any atom is 0.146 e. The van der Waals surface area contributed by atoms with Gasteiger partial charge in [-0.15, -0.1) is 0 Å². The predicted octanol–water partition coefficient (Wildman–Crippen LogP) is -3.16. The number of aliphatic hydroxyl groups is 4. The van der Waals surface area contributed by atoms with Gasteiger partial charge in [0.15, 0.2) is 0 Å². The zero-order valence-corrected chi connectivity index (χ0v) is 21.7. The quantitative estimate of drug-likeness (QED) is 0.267. The van der Waals surface area contributed by atoms with Crippen LogP contribution in [0.2, 0.25) is 0 Å². The molecule has 6 rings (SSSR count). The third-order valence-electron chi connectivity index (χ3n) is 8.32. The van der Waals surface area contributed by atoms with Crippen LogP contribution in [-0.4, -0.2) is 162 Å². The summed E-state index contributed by atoms with van der Waals surface area (Å²) >= 11 is 0. The van der Waals surface area contributed by atoms with Crippen LogP contribution in [0.15, 0.2) is 0 Å². The maximum absolute atomic E-state index is 9.68. The average Bonchev–Trinajstić information content (AvgIpc) is 3.53. The minimum atomic E-state index is -0.970. The first kappa shape index (κ1) is 29.6. The van der Waals surface area contributed by atoms with E-state index in [0.29, 0.717) is 13.2 Å². The summed E-state index contributed by atoms with van der Waals surface area (Å²) in [4.78, 5) is 0. The van der Waals surface area contributed by atoms with Crippen LogP contribution in [0.25, 0.3) is 0 Å². The Bertz CT molecular complexity index is 782. The largest absolute Gasteiger partial charge is 0.393 e. The Kier molecular flexibility index (Phi) is 9.02. The molecular formula is C23H38B2O12. The van der Waals surface area contributed by atoms with Crippen LogP contribution in [0.5, 0.6) is 0 Å². The Morgan fingerprint density at radius 3 is 2.03 bits per heavy atom. The smallest absolute Gasteiger partial charge is 0.146 e. The van der Waals surface area contributed by atoms with Gasteiger partial charge < -0.3 is 58.3 Å². The van der Waals surface area contributed by atoms with E-state index in [4.69, 9.17) is 63.8 Å². The molecule has 37 heavy (non-hydrogen) atoms. The highest BCUT2D eigenvalue weighted by atomic mass is 16.7. The minimum absolute atomic E-state index is 0.00699. The van der Waals surface area contributed by atoms with Crippen LogP contribution in [0.1, 0.15) is 13.8 Å². The van der Waals surface area contributed by atoms with Gasteiger partial charge in [-0.25, -0.2) is 0 Å². The number of ether oxygens (including phenoxy) is 8. The number of hydrogen-bond donors (Lipinski definition) is 4. The van der Waals surface area contributed by atoms with E-state index in [9.17, 15) is 10.2 Å². The molecule has 4 radical (unpaired) electrons. The van der Waals surface area contributed by atoms with E-state index in [1.54, 1.807) is 14.2 Å². The van der Waals surface area contributed by atoms with Crippen molar-refractivity contribution >= 4 is 15.7 Å². The highest BCUT2D eigenvalue weighted by Crippen LogP contribution is 2.45. The van der Waals surface area contributed by atoms with Gasteiger partial charge >= 0.3 is 0 Å². The molecule has 208 valence electrons. The van der Waals surface area contributed by atoms with Gasteiger partial charge in [-0.3, -0.25) is 0 Å². The van der Waals surface area contributed by atoms with E-state index in [1.807, 2.05) is 13.8 Å². The van der Waals surface area contributed by atoms with Crippen molar-refractivity contribution in [1.82, 2.24) is 0 Å². The molecule has 0 saturated carbocycles. The highest BCUT2D eigenvalue weighted by Gasteiger charge is 2.64. The summed E-state index contributed by atoms with van der Waals surface area (Å²) < 4.78 is 43.1. The molecule has 0 aliphatic carbocycles. The first-order chi connectivity index (χ1) is 17.5. The summed E-state index contributed by atoms with van der Waals surface area (Å²) in [6.07, 6.45) is -1.80. The number of methoxy groups -OCH3 is 2. The first-order valence-electron chi connectivity index (χ1n) is 12.5. The summed E-state index contributed by atoms with van der Waals surface area (Å²) in [6.45, 7) is 4.89. The normalized spacial score (nSPS) is 53.0. The molecule has 0 aromatic heterocycles. The molecule has 6 aliphatic heterocycles. The average molecular weight is 528 g/mol. The summed E-state index contributed by atoms with van der Waals surface area (Å²) in [5, 5.41) is 37.1. The molecule has 0 spiro atoms. The fraction of sp³-hybridized carbons (Fsp3) is 1.00. The van der Waals surface area contributed by atoms with Crippen molar-refractivity contribution in [3.05, 3.63) is 0 Å². The summed E-state index contributed by atoms with van der Waals surface area (Å²) in [5.41, 5.74) is -2.33. The van der Waals surface area contributed by atoms with Crippen LogP contribution in [0, 0.1) is 5.92 Å². The molecule has 14 heteroatoms. The third kappa shape index (κ3) is 4.81. The van der Waals surface area contributed by atoms with E-state index in [1.165, 1.54) is 0 Å². The second kappa shape index (κ2) is 11.3. The summed E-state index contributed by atoms with van der Waals surface area (Å²) in [7, 11) is 14.4. The van der Waals surface area contributed by atoms with Crippen LogP contribution >= 0.6 is 0 Å². The Balaban J connectivity index is 0.000000131. The fourth-order valence-corrected chi connectivity index (χ4v) is 6.11. The van der Waals surface area contributed by atoms with Gasteiger partial charge in [0.1, 0.15) is 56.9 Å². The van der Waals surface area contributed by atoms with Crippen LogP contribution in [-0.2, 0) is 37.9 Å². The van der Waals surface area contributed by atoms with E-state index in [0.717, 1.165) is 0 Å². The van der Waals surface area contributed by atoms with Crippen LogP contribution in [0.3, 0.4) is 0 Å². The zero-order valence-electron chi connectivity index (χ0n) is 21.7. The van der Waals surface area contributed by atoms with E-state index >= 15 is 0 Å². The summed E-state index contributed by atoms with van der Waals surface area (Å²) in [6, 6.07) is -1.12. The second-order valence-electron chi connectivity index (χ2n) is 10.6. The van der Waals surface area contributed by atoms with Crippen molar-refractivity contribution in [2.24, 2.45) is 5.92 Å². The molecule has 6 heterocycles. The first-order valence-corrected chi connectivity index (χ1v) is 12.5. The van der Waals surface area contributed by atoms with Crippen molar-refractivity contribution in [1.29, 1.82) is 0 Å². The molecule has 6 bridgehead atoms. The Labute approximate surface area is 219 Å². The molecule has 4 N–H and O–H groups in total. The number of aliphatic hydroxyl groups excluding tert-OH is 4. The van der Waals surface area contributed by atoms with E-state index < -0.39 is 47.1 Å². The SMILES string of the molecule is COC[C@]12O[C@@H](C)[C@H](O[C@H]1C)[C@@H]2OC.[B][C@@H]1O[C@@]2(CO)COC[C@H]1C2O.[B][C@@H]1O[C@@]2(CO)CO[C@H]1C2O. The second-order valence-corrected chi connectivity index (χ2v) is 10.6. The molecule has 0 amide bonds. The lowest BCUT2D eigenvalue weighted by molar-refractivity contribution is -0.194. The number of fused-ring (bicyclic) bond motifs is 6. The molecule has 6 fully saturated rings. The molecular weight excluding hydrogens is 490 g/mol. The van der Waals surface area contributed by atoms with Gasteiger partial charge in [-0.2, -0.15) is 0 Å². The number of hydrogen-bond acceptors (Lipinski definition) is 12. The lowest BCUT2D eigenvalue weighted by atomic mass is 9.81. The van der Waals surface area contributed by atoms with E-state index in [2.05, 4.69) is 0 Å². The summed E-state index contributed by atoms with van der Waals surface area (Å²) in [5.74, 6) is -0.203. The lowest BCUT2D eigenvalue weighted by Crippen LogP contribution is -2.52. The Hall–Kier alpha value is -0.350. The van der Waals surface area contributed by atoms with Gasteiger partial charge in [0.05, 0.1) is 58.0 Å². The molecule has 6 aliphatic rings. The monoisotopic (exact) mass is 528 g/mol. The highest BCUT2D eigenvalue weighted by molar-refractivity contribution is 6.12. The Morgan fingerprint density at radius 1 is 0.892 bits per heavy atom. The van der Waals surface area contributed by atoms with Gasteiger partial charge in [0.2, 0.25) is 0 Å². The predicted molar refractivity (Wildman–Crippen MR) is 127 cm³/mol. The zero-order chi connectivity index (χ0) is 27.2. The topological polar surface area (TPSA) is 155 Å². The lowest BCUT2D eigenvalue weighted by Gasteiger charge is -2.34. The number of rotatable bonds is 5. The van der Waals surface area contributed by atoms with Gasteiger partial charge in [0.25, 0.3) is 0 Å². The third-order valence-corrected chi connectivity index (χ3v) is 8.32. The fourth-order valence-electron chi connectivity index (χ4n) is 6.11. The van der Waals surface area contributed by atoms with Crippen molar-refractivity contribution in [3.63, 3.8) is 0 Å². The maximum atomic E-state index is 9.68. The van der Waals surface area contributed by atoms with Crippen molar-refractivity contribution < 1.29 is 58.3 Å². The van der Waals surface area contributed by atoms with Crippen molar-refractivity contribution in [2.45, 2.75) is 85.4 Å². The standard InChI is InChI=1S/C10H18O4.C7H11BO4.C6H9BO4/c1-6-8-9(12-4)10(14-6,5-11-3)7(2)13-8;8-6-4-1-11-3-7(2-9,12-6)5(4)10;7-5-3-4(9)6(1-8,11-5)2-10-3/h6-9H,5H2,1-4H3;4-6,9-10H,1-3H2;3-5,8-9H,1-2H2/t6-,7-,8-,9-,10-;4-,5?,6+,7-;3-,4?,5+,6-/m000/s1. The molecule has 0 aromatic carbocycles. The van der Waals surface area contributed by atoms with Crippen LogP contribution in [0.4, 0.5) is 0 Å². The molecule has 0 aromatic rings. The van der Waals surface area contributed by atoms with Gasteiger partial charge in [-0.05, 0) is 13.8 Å². The Morgan fingerprint density at radius 2 is 1.54 bits per heavy atom. The van der Waals surface area contributed by atoms with Crippen molar-refractivity contribution in [3.8, 4) is 0 Å². The molecule has 6 saturated heterocycles. The molecule has 13 atom stereocenters. The van der Waals surface area contributed by atoms with Crippen molar-refractivity contribution in [2.75, 3.05) is 53.9 Å². The van der Waals surface area contributed by atoms with Gasteiger partial charge in [0, 0.05) is 32.1 Å². The van der Waals surface area contributed by atoms with Gasteiger partial charge in [-0.1, -0.05) is 0 Å². The van der Waals surface area contributed by atoms with E-state index in [-0.39, 0.29) is 56.8 Å². The molecule has 2 unspecified atom stereocenters. The van der Waals surface area contributed by atoms with Crippen LogP contribution < -0.4 is 0 Å². The molecule has 12 nitrogen and oxygen atoms in total.